The highest BCUT2D eigenvalue weighted by atomic mass is 16.7. The maximum absolute atomic E-state index is 10.9. The smallest absolute Gasteiger partial charge is 0.326 e. The largest absolute Gasteiger partial charge is 0.480 e. The summed E-state index contributed by atoms with van der Waals surface area (Å²) in [6, 6.07) is 0. The first-order valence-corrected chi connectivity index (χ1v) is 4.60. The predicted molar refractivity (Wildman–Crippen MR) is 49.7 cm³/mol. The first-order valence-electron chi connectivity index (χ1n) is 4.60. The molecule has 0 aliphatic carbocycles. The second kappa shape index (κ2) is 3.49. The van der Waals surface area contributed by atoms with Crippen LogP contribution >= 0.6 is 0 Å². The van der Waals surface area contributed by atoms with Gasteiger partial charge >= 0.3 is 5.97 Å². The molecule has 2 atom stereocenters. The SMILES string of the molecule is CC1(C)OCC[C@H](C(C)(N)C(=O)O)O1. The Labute approximate surface area is 83.2 Å². The molecule has 0 aromatic carbocycles. The molecule has 1 aliphatic rings. The van der Waals surface area contributed by atoms with Gasteiger partial charge in [0.2, 0.25) is 0 Å². The highest BCUT2D eigenvalue weighted by Gasteiger charge is 2.43. The van der Waals surface area contributed by atoms with E-state index in [-0.39, 0.29) is 0 Å². The van der Waals surface area contributed by atoms with Crippen LogP contribution in [0.4, 0.5) is 0 Å². The normalized spacial score (nSPS) is 30.7. The van der Waals surface area contributed by atoms with Crippen LogP contribution in [-0.2, 0) is 14.3 Å². The van der Waals surface area contributed by atoms with Crippen LogP contribution in [0, 0.1) is 0 Å². The summed E-state index contributed by atoms with van der Waals surface area (Å²) in [6.07, 6.45) is -0.00771. The van der Waals surface area contributed by atoms with Gasteiger partial charge in [-0.15, -0.1) is 0 Å². The van der Waals surface area contributed by atoms with Crippen molar-refractivity contribution in [2.24, 2.45) is 5.73 Å². The van der Waals surface area contributed by atoms with E-state index in [1.165, 1.54) is 6.92 Å². The molecule has 0 saturated carbocycles. The summed E-state index contributed by atoms with van der Waals surface area (Å²) in [6.45, 7) is 5.42. The van der Waals surface area contributed by atoms with Crippen molar-refractivity contribution in [3.63, 3.8) is 0 Å². The fourth-order valence-electron chi connectivity index (χ4n) is 1.41. The summed E-state index contributed by atoms with van der Waals surface area (Å²) in [4.78, 5) is 10.9. The monoisotopic (exact) mass is 203 g/mol. The van der Waals surface area contributed by atoms with Gasteiger partial charge in [0, 0.05) is 0 Å². The van der Waals surface area contributed by atoms with Gasteiger partial charge in [-0.3, -0.25) is 4.79 Å². The second-order valence-electron chi connectivity index (χ2n) is 4.23. The molecular formula is C9H17NO4. The number of carboxylic acid groups (broad SMARTS) is 1. The molecule has 0 radical (unpaired) electrons. The second-order valence-corrected chi connectivity index (χ2v) is 4.23. The minimum absolute atomic E-state index is 0.470. The minimum atomic E-state index is -1.36. The van der Waals surface area contributed by atoms with Crippen molar-refractivity contribution in [2.75, 3.05) is 6.61 Å². The summed E-state index contributed by atoms with van der Waals surface area (Å²) < 4.78 is 10.8. The quantitative estimate of drug-likeness (QED) is 0.675. The molecule has 1 unspecified atom stereocenters. The number of hydrogen-bond donors (Lipinski definition) is 2. The van der Waals surface area contributed by atoms with Gasteiger partial charge in [-0.05, 0) is 27.2 Å². The van der Waals surface area contributed by atoms with Gasteiger partial charge in [0.1, 0.15) is 5.54 Å². The van der Waals surface area contributed by atoms with Crippen LogP contribution in [0.5, 0.6) is 0 Å². The van der Waals surface area contributed by atoms with Gasteiger partial charge in [0.25, 0.3) is 0 Å². The van der Waals surface area contributed by atoms with Crippen molar-refractivity contribution < 1.29 is 19.4 Å². The Morgan fingerprint density at radius 1 is 1.64 bits per heavy atom. The maximum atomic E-state index is 10.9. The van der Waals surface area contributed by atoms with Crippen molar-refractivity contribution in [2.45, 2.75) is 44.6 Å². The van der Waals surface area contributed by atoms with Crippen LogP contribution in [0.3, 0.4) is 0 Å². The molecule has 0 spiro atoms. The molecule has 0 amide bonds. The fourth-order valence-corrected chi connectivity index (χ4v) is 1.41. The molecule has 5 nitrogen and oxygen atoms in total. The molecule has 5 heteroatoms. The Kier molecular flexibility index (Phi) is 2.85. The topological polar surface area (TPSA) is 81.8 Å². The Morgan fingerprint density at radius 3 is 2.64 bits per heavy atom. The van der Waals surface area contributed by atoms with E-state index in [1.54, 1.807) is 13.8 Å². The number of hydrogen-bond acceptors (Lipinski definition) is 4. The fraction of sp³-hybridized carbons (Fsp3) is 0.889. The number of carboxylic acids is 1. The Bertz CT molecular complexity index is 237. The van der Waals surface area contributed by atoms with E-state index >= 15 is 0 Å². The molecule has 1 fully saturated rings. The van der Waals surface area contributed by atoms with Crippen molar-refractivity contribution in [3.05, 3.63) is 0 Å². The minimum Gasteiger partial charge on any atom is -0.480 e. The molecule has 3 N–H and O–H groups in total. The number of aliphatic carboxylic acids is 1. The maximum Gasteiger partial charge on any atom is 0.326 e. The van der Waals surface area contributed by atoms with E-state index in [0.29, 0.717) is 13.0 Å². The average Bonchev–Trinajstić information content (AvgIpc) is 2.02. The lowest BCUT2D eigenvalue weighted by Crippen LogP contribution is -2.60. The molecule has 82 valence electrons. The van der Waals surface area contributed by atoms with Crippen LogP contribution in [0.25, 0.3) is 0 Å². The predicted octanol–water partition coefficient (Wildman–Crippen LogP) is 0.330. The molecule has 1 heterocycles. The van der Waals surface area contributed by atoms with Gasteiger partial charge < -0.3 is 20.3 Å². The highest BCUT2D eigenvalue weighted by Crippen LogP contribution is 2.27. The molecule has 1 rings (SSSR count). The van der Waals surface area contributed by atoms with Crippen LogP contribution < -0.4 is 5.73 Å². The van der Waals surface area contributed by atoms with Crippen molar-refractivity contribution >= 4 is 5.97 Å². The van der Waals surface area contributed by atoms with E-state index in [9.17, 15) is 4.79 Å². The first kappa shape index (κ1) is 11.4. The lowest BCUT2D eigenvalue weighted by atomic mass is 9.93. The summed E-state index contributed by atoms with van der Waals surface area (Å²) >= 11 is 0. The molecular weight excluding hydrogens is 186 g/mol. The highest BCUT2D eigenvalue weighted by molar-refractivity contribution is 5.78. The van der Waals surface area contributed by atoms with E-state index in [1.807, 2.05) is 0 Å². The van der Waals surface area contributed by atoms with Gasteiger partial charge in [0.15, 0.2) is 5.79 Å². The third-order valence-electron chi connectivity index (χ3n) is 2.39. The number of nitrogens with two attached hydrogens (primary N) is 1. The van der Waals surface area contributed by atoms with Crippen LogP contribution in [0.2, 0.25) is 0 Å². The van der Waals surface area contributed by atoms with Crippen LogP contribution in [0.15, 0.2) is 0 Å². The zero-order chi connectivity index (χ0) is 11.0. The summed E-state index contributed by atoms with van der Waals surface area (Å²) in [7, 11) is 0. The van der Waals surface area contributed by atoms with E-state index in [0.717, 1.165) is 0 Å². The zero-order valence-electron chi connectivity index (χ0n) is 8.74. The summed E-state index contributed by atoms with van der Waals surface area (Å²) in [5.74, 6) is -1.81. The standard InChI is InChI=1S/C9H17NO4/c1-8(2)13-5-4-6(14-8)9(3,10)7(11)12/h6H,4-5,10H2,1-3H3,(H,11,12)/t6-,9?/m1/s1. The lowest BCUT2D eigenvalue weighted by molar-refractivity contribution is -0.283. The number of rotatable bonds is 2. The lowest BCUT2D eigenvalue weighted by Gasteiger charge is -2.41. The third-order valence-corrected chi connectivity index (χ3v) is 2.39. The van der Waals surface area contributed by atoms with E-state index < -0.39 is 23.4 Å². The Morgan fingerprint density at radius 2 is 2.21 bits per heavy atom. The van der Waals surface area contributed by atoms with Gasteiger partial charge in [-0.1, -0.05) is 0 Å². The molecule has 0 aromatic heterocycles. The van der Waals surface area contributed by atoms with E-state index in [2.05, 4.69) is 0 Å². The van der Waals surface area contributed by atoms with Crippen molar-refractivity contribution in [1.29, 1.82) is 0 Å². The van der Waals surface area contributed by atoms with Crippen LogP contribution in [0.1, 0.15) is 27.2 Å². The number of carbonyl (C=O) groups is 1. The van der Waals surface area contributed by atoms with Crippen molar-refractivity contribution in [1.82, 2.24) is 0 Å². The van der Waals surface area contributed by atoms with Crippen LogP contribution in [-0.4, -0.2) is 35.1 Å². The Balaban J connectivity index is 2.74. The summed E-state index contributed by atoms with van der Waals surface area (Å²) in [5, 5.41) is 8.92. The molecule has 1 saturated heterocycles. The third kappa shape index (κ3) is 2.23. The van der Waals surface area contributed by atoms with Gasteiger partial charge in [-0.2, -0.15) is 0 Å². The number of ether oxygens (including phenoxy) is 2. The Hall–Kier alpha value is -0.650. The zero-order valence-corrected chi connectivity index (χ0v) is 8.74. The van der Waals surface area contributed by atoms with Gasteiger partial charge in [-0.25, -0.2) is 0 Å². The van der Waals surface area contributed by atoms with Gasteiger partial charge in [0.05, 0.1) is 12.7 Å². The molecule has 0 bridgehead atoms. The molecule has 14 heavy (non-hydrogen) atoms. The molecule has 0 aromatic rings. The van der Waals surface area contributed by atoms with Crippen molar-refractivity contribution in [3.8, 4) is 0 Å². The summed E-state index contributed by atoms with van der Waals surface area (Å²) in [5.41, 5.74) is 4.32. The van der Waals surface area contributed by atoms with E-state index in [4.69, 9.17) is 20.3 Å². The average molecular weight is 203 g/mol. The first-order chi connectivity index (χ1) is 6.26. The molecule has 1 aliphatic heterocycles.